The smallest absolute Gasteiger partial charge is 0.275 e. The zero-order chi connectivity index (χ0) is 17.2. The number of hydrogen-bond donors (Lipinski definition) is 1. The number of fused-ring (bicyclic) bond motifs is 1. The molecule has 1 aliphatic rings. The summed E-state index contributed by atoms with van der Waals surface area (Å²) in [5, 5.41) is 8.12. The van der Waals surface area contributed by atoms with E-state index in [0.717, 1.165) is 48.9 Å². The lowest BCUT2D eigenvalue weighted by molar-refractivity contribution is 0.0669. The van der Waals surface area contributed by atoms with Gasteiger partial charge in [-0.25, -0.2) is 0 Å². The van der Waals surface area contributed by atoms with E-state index in [1.807, 2.05) is 42.3 Å². The fourth-order valence-corrected chi connectivity index (χ4v) is 3.64. The van der Waals surface area contributed by atoms with Crippen molar-refractivity contribution in [3.8, 4) is 0 Å². The average Bonchev–Trinajstić information content (AvgIpc) is 3.07. The second-order valence-electron chi connectivity index (χ2n) is 6.89. The van der Waals surface area contributed by atoms with Crippen LogP contribution in [0.1, 0.15) is 34.6 Å². The molecule has 3 aromatic rings. The molecule has 1 aromatic carbocycles. The first kappa shape index (κ1) is 15.8. The van der Waals surface area contributed by atoms with Crippen molar-refractivity contribution in [2.24, 2.45) is 5.92 Å². The minimum absolute atomic E-state index is 0.0316. The van der Waals surface area contributed by atoms with Gasteiger partial charge in [-0.1, -0.05) is 24.3 Å². The number of aryl methyl sites for hydroxylation is 1. The first-order valence-electron chi connectivity index (χ1n) is 8.84. The van der Waals surface area contributed by atoms with Gasteiger partial charge in [-0.15, -0.1) is 0 Å². The van der Waals surface area contributed by atoms with Gasteiger partial charge < -0.3 is 4.90 Å². The quantitative estimate of drug-likeness (QED) is 0.799. The highest BCUT2D eigenvalue weighted by molar-refractivity contribution is 6.04. The maximum absolute atomic E-state index is 12.9. The zero-order valence-electron chi connectivity index (χ0n) is 14.4. The number of H-pyrrole nitrogens is 1. The van der Waals surface area contributed by atoms with Gasteiger partial charge >= 0.3 is 0 Å². The number of nitrogens with one attached hydrogen (secondary N) is 1. The van der Waals surface area contributed by atoms with Crippen LogP contribution in [0.5, 0.6) is 0 Å². The highest BCUT2D eigenvalue weighted by atomic mass is 16.2. The van der Waals surface area contributed by atoms with Crippen LogP contribution in [0.3, 0.4) is 0 Å². The Morgan fingerprint density at radius 3 is 3.00 bits per heavy atom. The van der Waals surface area contributed by atoms with Crippen LogP contribution in [0, 0.1) is 12.8 Å². The monoisotopic (exact) mass is 334 g/mol. The Balaban J connectivity index is 1.49. The molecular weight excluding hydrogens is 312 g/mol. The van der Waals surface area contributed by atoms with Crippen molar-refractivity contribution in [2.45, 2.75) is 26.2 Å². The zero-order valence-corrected chi connectivity index (χ0v) is 14.4. The summed E-state index contributed by atoms with van der Waals surface area (Å²) in [6.45, 7) is 3.59. The van der Waals surface area contributed by atoms with Crippen molar-refractivity contribution in [3.05, 3.63) is 59.5 Å². The Morgan fingerprint density at radius 1 is 1.28 bits per heavy atom. The first-order valence-corrected chi connectivity index (χ1v) is 8.84. The van der Waals surface area contributed by atoms with Gasteiger partial charge in [-0.05, 0) is 49.8 Å². The van der Waals surface area contributed by atoms with E-state index in [-0.39, 0.29) is 5.91 Å². The molecule has 0 bridgehead atoms. The van der Waals surface area contributed by atoms with Crippen molar-refractivity contribution < 1.29 is 4.79 Å². The van der Waals surface area contributed by atoms with Crippen molar-refractivity contribution in [2.75, 3.05) is 13.1 Å². The van der Waals surface area contributed by atoms with E-state index in [2.05, 4.69) is 27.3 Å². The maximum Gasteiger partial charge on any atom is 0.275 e. The fraction of sp³-hybridized carbons (Fsp3) is 0.350. The van der Waals surface area contributed by atoms with Gasteiger partial charge in [0.05, 0.1) is 5.52 Å². The largest absolute Gasteiger partial charge is 0.337 e. The lowest BCUT2D eigenvalue weighted by atomic mass is 9.91. The van der Waals surface area contributed by atoms with Gasteiger partial charge in [-0.3, -0.25) is 14.9 Å². The number of hydrogen-bond acceptors (Lipinski definition) is 3. The lowest BCUT2D eigenvalue weighted by Crippen LogP contribution is -2.40. The summed E-state index contributed by atoms with van der Waals surface area (Å²) in [6, 6.07) is 12.0. The molecule has 2 aromatic heterocycles. The second kappa shape index (κ2) is 6.67. The molecular formula is C20H22N4O. The third kappa shape index (κ3) is 3.27. The van der Waals surface area contributed by atoms with E-state index in [9.17, 15) is 4.79 Å². The minimum atomic E-state index is 0.0316. The van der Waals surface area contributed by atoms with Crippen molar-refractivity contribution in [1.29, 1.82) is 0 Å². The number of carbonyl (C=O) groups is 1. The molecule has 4 rings (SSSR count). The summed E-state index contributed by atoms with van der Waals surface area (Å²) in [4.78, 5) is 19.3. The molecule has 0 aliphatic carbocycles. The Bertz CT molecular complexity index is 884. The lowest BCUT2D eigenvalue weighted by Gasteiger charge is -2.32. The van der Waals surface area contributed by atoms with Crippen molar-refractivity contribution >= 4 is 16.8 Å². The first-order chi connectivity index (χ1) is 12.2. The van der Waals surface area contributed by atoms with E-state index in [1.165, 1.54) is 5.56 Å². The molecule has 1 fully saturated rings. The summed E-state index contributed by atoms with van der Waals surface area (Å²) >= 11 is 0. The van der Waals surface area contributed by atoms with E-state index < -0.39 is 0 Å². The van der Waals surface area contributed by atoms with Crippen LogP contribution in [-0.4, -0.2) is 39.1 Å². The number of nitrogens with zero attached hydrogens (tertiary/aromatic N) is 3. The summed E-state index contributed by atoms with van der Waals surface area (Å²) in [7, 11) is 0. The highest BCUT2D eigenvalue weighted by Crippen LogP contribution is 2.24. The molecule has 5 nitrogen and oxygen atoms in total. The molecule has 0 radical (unpaired) electrons. The number of carbonyl (C=O) groups excluding carboxylic acids is 1. The molecule has 25 heavy (non-hydrogen) atoms. The SMILES string of the molecule is Cc1ccc(C[C@H]2CCCN(C(=O)c3n[nH]c4ccccc34)C2)cn1. The molecule has 1 saturated heterocycles. The number of pyridine rings is 1. The molecule has 128 valence electrons. The van der Waals surface area contributed by atoms with Crippen molar-refractivity contribution in [1.82, 2.24) is 20.1 Å². The molecule has 1 atom stereocenters. The standard InChI is InChI=1S/C20H22N4O/c1-14-8-9-15(12-21-14)11-16-5-4-10-24(13-16)20(25)19-17-6-2-3-7-18(17)22-23-19/h2-3,6-9,12,16H,4-5,10-11,13H2,1H3,(H,22,23)/t16-/m1/s1. The van der Waals surface area contributed by atoms with Crippen LogP contribution in [0.4, 0.5) is 0 Å². The van der Waals surface area contributed by atoms with Crippen LogP contribution in [0.15, 0.2) is 42.6 Å². The number of rotatable bonds is 3. The van der Waals surface area contributed by atoms with Gasteiger partial charge in [-0.2, -0.15) is 5.10 Å². The molecule has 0 spiro atoms. The number of para-hydroxylation sites is 1. The minimum Gasteiger partial charge on any atom is -0.337 e. The van der Waals surface area contributed by atoms with Crippen LogP contribution in [0.2, 0.25) is 0 Å². The summed E-state index contributed by atoms with van der Waals surface area (Å²) in [5.41, 5.74) is 3.73. The average molecular weight is 334 g/mol. The molecule has 0 unspecified atom stereocenters. The Hall–Kier alpha value is -2.69. The third-order valence-electron chi connectivity index (χ3n) is 4.98. The highest BCUT2D eigenvalue weighted by Gasteiger charge is 2.27. The Labute approximate surface area is 147 Å². The number of benzene rings is 1. The third-order valence-corrected chi connectivity index (χ3v) is 4.98. The van der Waals surface area contributed by atoms with E-state index in [4.69, 9.17) is 0 Å². The van der Waals surface area contributed by atoms with Gasteiger partial charge in [0.15, 0.2) is 5.69 Å². The summed E-state index contributed by atoms with van der Waals surface area (Å²) in [5.74, 6) is 0.511. The predicted octanol–water partition coefficient (Wildman–Crippen LogP) is 3.36. The number of likely N-dealkylation sites (tertiary alicyclic amines) is 1. The topological polar surface area (TPSA) is 61.9 Å². The Kier molecular flexibility index (Phi) is 4.22. The van der Waals surface area contributed by atoms with Crippen LogP contribution in [0.25, 0.3) is 10.9 Å². The van der Waals surface area contributed by atoms with E-state index in [1.54, 1.807) is 0 Å². The second-order valence-corrected chi connectivity index (χ2v) is 6.89. The van der Waals surface area contributed by atoms with Crippen LogP contribution in [-0.2, 0) is 6.42 Å². The van der Waals surface area contributed by atoms with Crippen molar-refractivity contribution in [3.63, 3.8) is 0 Å². The number of aromatic nitrogens is 3. The fourth-order valence-electron chi connectivity index (χ4n) is 3.64. The number of piperidine rings is 1. The van der Waals surface area contributed by atoms with Crippen LogP contribution < -0.4 is 0 Å². The molecule has 1 amide bonds. The Morgan fingerprint density at radius 2 is 2.16 bits per heavy atom. The van der Waals surface area contributed by atoms with Gasteiger partial charge in [0, 0.05) is 30.4 Å². The van der Waals surface area contributed by atoms with Gasteiger partial charge in [0.2, 0.25) is 0 Å². The number of aromatic amines is 1. The molecule has 5 heteroatoms. The molecule has 1 N–H and O–H groups in total. The van der Waals surface area contributed by atoms with Gasteiger partial charge in [0.1, 0.15) is 0 Å². The normalized spacial score (nSPS) is 17.8. The maximum atomic E-state index is 12.9. The van der Waals surface area contributed by atoms with E-state index >= 15 is 0 Å². The van der Waals surface area contributed by atoms with E-state index in [0.29, 0.717) is 11.6 Å². The summed E-state index contributed by atoms with van der Waals surface area (Å²) in [6.07, 6.45) is 5.12. The molecule has 3 heterocycles. The summed E-state index contributed by atoms with van der Waals surface area (Å²) < 4.78 is 0. The molecule has 1 aliphatic heterocycles. The predicted molar refractivity (Wildman–Crippen MR) is 97.4 cm³/mol. The van der Waals surface area contributed by atoms with Gasteiger partial charge in [0.25, 0.3) is 5.91 Å². The number of amides is 1. The van der Waals surface area contributed by atoms with Crippen LogP contribution >= 0.6 is 0 Å². The molecule has 0 saturated carbocycles.